The fourth-order valence-electron chi connectivity index (χ4n) is 3.25. The molecule has 1 aliphatic rings. The van der Waals surface area contributed by atoms with Crippen molar-refractivity contribution in [2.45, 2.75) is 12.8 Å². The standard InChI is InChI=1S/C22H25N5O5/c23-21(24)15-1-3-16(4-2-15)25-19(29)9-10-20(30)26(11-13-28)17-5-7-18(8-6-17)27-12-14-32-22(27)31/h1-8,28H,9-14H2,(H3,23,24)(H,25,29). The van der Waals surface area contributed by atoms with Gasteiger partial charge >= 0.3 is 6.09 Å². The number of aliphatic hydroxyl groups excluding tert-OH is 1. The van der Waals surface area contributed by atoms with E-state index in [4.69, 9.17) is 15.9 Å². The van der Waals surface area contributed by atoms with Gasteiger partial charge in [0, 0.05) is 42.0 Å². The summed E-state index contributed by atoms with van der Waals surface area (Å²) >= 11 is 0. The number of hydrogen-bond acceptors (Lipinski definition) is 6. The average molecular weight is 439 g/mol. The van der Waals surface area contributed by atoms with Crippen LogP contribution in [0.3, 0.4) is 0 Å². The number of carbonyl (C=O) groups excluding carboxylic acids is 3. The van der Waals surface area contributed by atoms with Crippen molar-refractivity contribution in [1.29, 1.82) is 5.41 Å². The fraction of sp³-hybridized carbons (Fsp3) is 0.273. The number of rotatable bonds is 9. The third-order valence-corrected chi connectivity index (χ3v) is 4.90. The summed E-state index contributed by atoms with van der Waals surface area (Å²) in [6.07, 6.45) is -0.493. The highest BCUT2D eigenvalue weighted by molar-refractivity contribution is 5.99. The third kappa shape index (κ3) is 5.61. The molecular formula is C22H25N5O5. The first-order valence-electron chi connectivity index (χ1n) is 10.1. The second kappa shape index (κ2) is 10.4. The highest BCUT2D eigenvalue weighted by atomic mass is 16.6. The molecule has 1 fully saturated rings. The van der Waals surface area contributed by atoms with E-state index in [0.717, 1.165) is 0 Å². The highest BCUT2D eigenvalue weighted by Crippen LogP contribution is 2.24. The van der Waals surface area contributed by atoms with Crippen molar-refractivity contribution in [1.82, 2.24) is 0 Å². The minimum atomic E-state index is -0.414. The molecular weight excluding hydrogens is 414 g/mol. The monoisotopic (exact) mass is 439 g/mol. The van der Waals surface area contributed by atoms with Gasteiger partial charge in [0.25, 0.3) is 0 Å². The molecule has 32 heavy (non-hydrogen) atoms. The molecule has 2 aromatic carbocycles. The van der Waals surface area contributed by atoms with Crippen molar-refractivity contribution in [3.63, 3.8) is 0 Å². The van der Waals surface area contributed by atoms with E-state index in [0.29, 0.717) is 35.8 Å². The summed E-state index contributed by atoms with van der Waals surface area (Å²) in [5.41, 5.74) is 7.70. The molecule has 0 saturated carbocycles. The van der Waals surface area contributed by atoms with Crippen molar-refractivity contribution in [3.05, 3.63) is 54.1 Å². The quantitative estimate of drug-likeness (QED) is 0.345. The number of cyclic esters (lactones) is 1. The number of amidine groups is 1. The van der Waals surface area contributed by atoms with Crippen molar-refractivity contribution >= 4 is 40.8 Å². The Morgan fingerprint density at radius 1 is 1.12 bits per heavy atom. The Balaban J connectivity index is 1.58. The molecule has 0 aromatic heterocycles. The summed E-state index contributed by atoms with van der Waals surface area (Å²) in [5.74, 6) is -0.707. The van der Waals surface area contributed by atoms with Gasteiger partial charge in [-0.3, -0.25) is 19.9 Å². The molecule has 1 saturated heterocycles. The lowest BCUT2D eigenvalue weighted by molar-refractivity contribution is -0.122. The van der Waals surface area contributed by atoms with E-state index in [1.165, 1.54) is 9.80 Å². The minimum Gasteiger partial charge on any atom is -0.447 e. The molecule has 0 bridgehead atoms. The van der Waals surface area contributed by atoms with Crippen LogP contribution in [0.15, 0.2) is 48.5 Å². The Labute approximate surface area is 185 Å². The first-order valence-corrected chi connectivity index (χ1v) is 10.1. The van der Waals surface area contributed by atoms with E-state index in [1.54, 1.807) is 48.5 Å². The zero-order chi connectivity index (χ0) is 23.1. The van der Waals surface area contributed by atoms with Crippen LogP contribution >= 0.6 is 0 Å². The number of carbonyl (C=O) groups is 3. The molecule has 1 heterocycles. The minimum absolute atomic E-state index is 0.0348. The number of anilines is 3. The summed E-state index contributed by atoms with van der Waals surface area (Å²) in [7, 11) is 0. The normalized spacial score (nSPS) is 12.9. The third-order valence-electron chi connectivity index (χ3n) is 4.90. The van der Waals surface area contributed by atoms with Crippen molar-refractivity contribution < 1.29 is 24.2 Å². The van der Waals surface area contributed by atoms with Gasteiger partial charge in [0.1, 0.15) is 12.4 Å². The molecule has 0 radical (unpaired) electrons. The van der Waals surface area contributed by atoms with Gasteiger partial charge in [-0.25, -0.2) is 4.79 Å². The molecule has 168 valence electrons. The SMILES string of the molecule is N=C(N)c1ccc(NC(=O)CCC(=O)N(CCO)c2ccc(N3CCOC3=O)cc2)cc1. The molecule has 3 amide bonds. The molecule has 10 heteroatoms. The second-order valence-corrected chi connectivity index (χ2v) is 7.09. The Kier molecular flexibility index (Phi) is 7.40. The number of amides is 3. The molecule has 0 atom stereocenters. The number of hydrogen-bond donors (Lipinski definition) is 4. The lowest BCUT2D eigenvalue weighted by Gasteiger charge is -2.23. The molecule has 0 unspecified atom stereocenters. The van der Waals surface area contributed by atoms with Crippen LogP contribution in [0.25, 0.3) is 0 Å². The van der Waals surface area contributed by atoms with Crippen LogP contribution in [-0.4, -0.2) is 55.2 Å². The Morgan fingerprint density at radius 3 is 2.38 bits per heavy atom. The van der Waals surface area contributed by atoms with Gasteiger partial charge in [0.05, 0.1) is 13.2 Å². The van der Waals surface area contributed by atoms with Gasteiger partial charge in [-0.15, -0.1) is 0 Å². The van der Waals surface area contributed by atoms with Gasteiger partial charge in [-0.1, -0.05) is 0 Å². The van der Waals surface area contributed by atoms with E-state index in [1.807, 2.05) is 0 Å². The van der Waals surface area contributed by atoms with Crippen LogP contribution < -0.4 is 20.9 Å². The number of nitrogen functional groups attached to an aromatic ring is 1. The van der Waals surface area contributed by atoms with Crippen molar-refractivity contribution in [3.8, 4) is 0 Å². The molecule has 3 rings (SSSR count). The smallest absolute Gasteiger partial charge is 0.414 e. The maximum absolute atomic E-state index is 12.7. The molecule has 2 aromatic rings. The summed E-state index contributed by atoms with van der Waals surface area (Å²) in [6, 6.07) is 13.3. The first-order chi connectivity index (χ1) is 15.4. The maximum Gasteiger partial charge on any atom is 0.414 e. The van der Waals surface area contributed by atoms with Gasteiger partial charge in [-0.05, 0) is 48.5 Å². The van der Waals surface area contributed by atoms with E-state index < -0.39 is 6.09 Å². The van der Waals surface area contributed by atoms with Gasteiger partial charge in [0.15, 0.2) is 0 Å². The zero-order valence-electron chi connectivity index (χ0n) is 17.4. The van der Waals surface area contributed by atoms with Gasteiger partial charge in [-0.2, -0.15) is 0 Å². The van der Waals surface area contributed by atoms with Crippen LogP contribution in [0, 0.1) is 5.41 Å². The lowest BCUT2D eigenvalue weighted by Crippen LogP contribution is -2.34. The fourth-order valence-corrected chi connectivity index (χ4v) is 3.25. The van der Waals surface area contributed by atoms with Gasteiger partial charge < -0.3 is 25.8 Å². The van der Waals surface area contributed by atoms with Crippen molar-refractivity contribution in [2.24, 2.45) is 5.73 Å². The van der Waals surface area contributed by atoms with E-state index in [9.17, 15) is 19.5 Å². The topological polar surface area (TPSA) is 149 Å². The molecule has 10 nitrogen and oxygen atoms in total. The van der Waals surface area contributed by atoms with Crippen molar-refractivity contribution in [2.75, 3.05) is 41.4 Å². The van der Waals surface area contributed by atoms with Crippen LogP contribution in [-0.2, 0) is 14.3 Å². The summed E-state index contributed by atoms with van der Waals surface area (Å²) in [5, 5.41) is 19.5. The number of ether oxygens (including phenoxy) is 1. The molecule has 0 spiro atoms. The number of aliphatic hydroxyl groups is 1. The van der Waals surface area contributed by atoms with Gasteiger partial charge in [0.2, 0.25) is 11.8 Å². The van der Waals surface area contributed by atoms with Crippen LogP contribution in [0.1, 0.15) is 18.4 Å². The van der Waals surface area contributed by atoms with Crippen LogP contribution in [0.4, 0.5) is 21.9 Å². The van der Waals surface area contributed by atoms with Crippen LogP contribution in [0.5, 0.6) is 0 Å². The number of benzene rings is 2. The van der Waals surface area contributed by atoms with E-state index >= 15 is 0 Å². The Bertz CT molecular complexity index is 991. The molecule has 0 aliphatic carbocycles. The van der Waals surface area contributed by atoms with E-state index in [-0.39, 0.29) is 43.6 Å². The predicted molar refractivity (Wildman–Crippen MR) is 120 cm³/mol. The number of nitrogens with two attached hydrogens (primary N) is 1. The first kappa shape index (κ1) is 22.8. The highest BCUT2D eigenvalue weighted by Gasteiger charge is 2.24. The summed E-state index contributed by atoms with van der Waals surface area (Å²) in [6.45, 7) is 0.640. The molecule has 1 aliphatic heterocycles. The van der Waals surface area contributed by atoms with E-state index in [2.05, 4.69) is 5.32 Å². The Hall–Kier alpha value is -3.92. The largest absolute Gasteiger partial charge is 0.447 e. The molecule has 5 N–H and O–H groups in total. The number of nitrogens with one attached hydrogen (secondary N) is 2. The number of nitrogens with zero attached hydrogens (tertiary/aromatic N) is 2. The lowest BCUT2D eigenvalue weighted by atomic mass is 10.2. The maximum atomic E-state index is 12.7. The summed E-state index contributed by atoms with van der Waals surface area (Å²) < 4.78 is 4.92. The second-order valence-electron chi connectivity index (χ2n) is 7.09. The van der Waals surface area contributed by atoms with Crippen LogP contribution in [0.2, 0.25) is 0 Å². The average Bonchev–Trinajstić information content (AvgIpc) is 3.22. The summed E-state index contributed by atoms with van der Waals surface area (Å²) in [4.78, 5) is 39.5. The zero-order valence-corrected chi connectivity index (χ0v) is 17.4. The Morgan fingerprint density at radius 2 is 1.81 bits per heavy atom. The predicted octanol–water partition coefficient (Wildman–Crippen LogP) is 1.67.